The van der Waals surface area contributed by atoms with Gasteiger partial charge in [-0.2, -0.15) is 0 Å². The number of halogens is 2. The Morgan fingerprint density at radius 3 is 2.93 bits per heavy atom. The van der Waals surface area contributed by atoms with Crippen molar-refractivity contribution in [1.82, 2.24) is 9.97 Å². The maximum absolute atomic E-state index is 11.8. The number of hydrogen-bond donors (Lipinski definition) is 1. The maximum Gasteiger partial charge on any atom is 0.272 e. The van der Waals surface area contributed by atoms with E-state index >= 15 is 0 Å². The number of aryl methyl sites for hydroxylation is 1. The molecule has 0 bridgehead atoms. The average Bonchev–Trinajstić information content (AvgIpc) is 2.14. The van der Waals surface area contributed by atoms with E-state index < -0.39 is 18.6 Å². The van der Waals surface area contributed by atoms with Crippen LogP contribution >= 0.6 is 0 Å². The first-order valence-electron chi connectivity index (χ1n) is 4.13. The Kier molecular flexibility index (Phi) is 3.55. The Balaban J connectivity index is 2.76. The standard InChI is InChI=1S/C8H10F2N2O2/c1-2-6-11-7(13)3-8(12-6)14-4-5(9)10/h3,5H,2,4H2,1H3,(H,11,12,13). The van der Waals surface area contributed by atoms with Crippen LogP contribution in [0.3, 0.4) is 0 Å². The molecule has 0 atom stereocenters. The van der Waals surface area contributed by atoms with Crippen LogP contribution in [0.1, 0.15) is 12.7 Å². The molecule has 0 aliphatic rings. The van der Waals surface area contributed by atoms with Gasteiger partial charge in [-0.25, -0.2) is 13.8 Å². The van der Waals surface area contributed by atoms with Crippen molar-refractivity contribution in [1.29, 1.82) is 0 Å². The second-order valence-electron chi connectivity index (χ2n) is 2.59. The molecule has 0 amide bonds. The Bertz CT molecular complexity index is 351. The van der Waals surface area contributed by atoms with Crippen molar-refractivity contribution in [3.63, 3.8) is 0 Å². The van der Waals surface area contributed by atoms with Gasteiger partial charge in [-0.05, 0) is 0 Å². The number of aromatic amines is 1. The summed E-state index contributed by atoms with van der Waals surface area (Å²) < 4.78 is 28.1. The van der Waals surface area contributed by atoms with Gasteiger partial charge in [0.25, 0.3) is 12.0 Å². The summed E-state index contributed by atoms with van der Waals surface area (Å²) in [5.41, 5.74) is -0.402. The number of aromatic nitrogens is 2. The summed E-state index contributed by atoms with van der Waals surface area (Å²) in [6, 6.07) is 1.04. The van der Waals surface area contributed by atoms with Crippen molar-refractivity contribution in [2.24, 2.45) is 0 Å². The smallest absolute Gasteiger partial charge is 0.272 e. The van der Waals surface area contributed by atoms with Crippen LogP contribution in [0.2, 0.25) is 0 Å². The van der Waals surface area contributed by atoms with Crippen LogP contribution in [0.4, 0.5) is 8.78 Å². The molecule has 78 valence electrons. The number of alkyl halides is 2. The average molecular weight is 204 g/mol. The van der Waals surface area contributed by atoms with Crippen molar-refractivity contribution in [2.45, 2.75) is 19.8 Å². The highest BCUT2D eigenvalue weighted by Gasteiger charge is 2.05. The first-order chi connectivity index (χ1) is 6.61. The van der Waals surface area contributed by atoms with Crippen LogP contribution in [-0.4, -0.2) is 23.0 Å². The Morgan fingerprint density at radius 1 is 1.64 bits per heavy atom. The minimum atomic E-state index is -2.57. The van der Waals surface area contributed by atoms with E-state index in [4.69, 9.17) is 0 Å². The molecular formula is C8H10F2N2O2. The zero-order valence-electron chi connectivity index (χ0n) is 7.59. The molecule has 14 heavy (non-hydrogen) atoms. The molecule has 0 unspecified atom stereocenters. The van der Waals surface area contributed by atoms with Gasteiger partial charge in [-0.3, -0.25) is 4.79 Å². The zero-order chi connectivity index (χ0) is 10.6. The highest BCUT2D eigenvalue weighted by atomic mass is 19.3. The van der Waals surface area contributed by atoms with E-state index in [-0.39, 0.29) is 5.88 Å². The number of H-pyrrole nitrogens is 1. The van der Waals surface area contributed by atoms with E-state index in [1.807, 2.05) is 0 Å². The summed E-state index contributed by atoms with van der Waals surface area (Å²) in [6.45, 7) is 1.04. The van der Waals surface area contributed by atoms with Crippen molar-refractivity contribution in [2.75, 3.05) is 6.61 Å². The van der Waals surface area contributed by atoms with E-state index in [2.05, 4.69) is 14.7 Å². The van der Waals surface area contributed by atoms with E-state index in [0.717, 1.165) is 6.07 Å². The molecular weight excluding hydrogens is 194 g/mol. The van der Waals surface area contributed by atoms with Crippen molar-refractivity contribution in [3.8, 4) is 5.88 Å². The normalized spacial score (nSPS) is 10.6. The molecule has 1 N–H and O–H groups in total. The van der Waals surface area contributed by atoms with Gasteiger partial charge >= 0.3 is 0 Å². The molecule has 0 aromatic carbocycles. The third-order valence-electron chi connectivity index (χ3n) is 1.46. The number of nitrogens with one attached hydrogen (secondary N) is 1. The topological polar surface area (TPSA) is 55.0 Å². The van der Waals surface area contributed by atoms with Crippen LogP contribution < -0.4 is 10.3 Å². The first-order valence-corrected chi connectivity index (χ1v) is 4.13. The third kappa shape index (κ3) is 3.12. The molecule has 0 saturated heterocycles. The van der Waals surface area contributed by atoms with E-state index in [0.29, 0.717) is 12.2 Å². The van der Waals surface area contributed by atoms with Gasteiger partial charge in [0, 0.05) is 6.42 Å². The van der Waals surface area contributed by atoms with Crippen LogP contribution in [0, 0.1) is 0 Å². The summed E-state index contributed by atoms with van der Waals surface area (Å²) in [4.78, 5) is 17.2. The molecule has 0 saturated carbocycles. The highest BCUT2D eigenvalue weighted by Crippen LogP contribution is 2.04. The van der Waals surface area contributed by atoms with Gasteiger partial charge in [0.05, 0.1) is 6.07 Å². The van der Waals surface area contributed by atoms with E-state index in [1.165, 1.54) is 0 Å². The quantitative estimate of drug-likeness (QED) is 0.795. The van der Waals surface area contributed by atoms with Crippen molar-refractivity contribution < 1.29 is 13.5 Å². The number of nitrogens with zero attached hydrogens (tertiary/aromatic N) is 1. The largest absolute Gasteiger partial charge is 0.471 e. The highest BCUT2D eigenvalue weighted by molar-refractivity contribution is 5.08. The molecule has 0 fully saturated rings. The Hall–Kier alpha value is -1.46. The van der Waals surface area contributed by atoms with Crippen LogP contribution in [-0.2, 0) is 6.42 Å². The predicted molar refractivity (Wildman–Crippen MR) is 45.7 cm³/mol. The zero-order valence-corrected chi connectivity index (χ0v) is 7.59. The van der Waals surface area contributed by atoms with Gasteiger partial charge in [0.1, 0.15) is 5.82 Å². The summed E-state index contributed by atoms with van der Waals surface area (Å²) in [5.74, 6) is 0.354. The Morgan fingerprint density at radius 2 is 2.36 bits per heavy atom. The van der Waals surface area contributed by atoms with Crippen molar-refractivity contribution in [3.05, 3.63) is 22.2 Å². The van der Waals surface area contributed by atoms with Gasteiger partial charge in [0.15, 0.2) is 6.61 Å². The summed E-state index contributed by atoms with van der Waals surface area (Å²) in [6.07, 6.45) is -2.05. The second-order valence-corrected chi connectivity index (χ2v) is 2.59. The Labute approximate surface area is 78.9 Å². The fraction of sp³-hybridized carbons (Fsp3) is 0.500. The molecule has 0 radical (unpaired) electrons. The maximum atomic E-state index is 11.8. The fourth-order valence-corrected chi connectivity index (χ4v) is 0.873. The van der Waals surface area contributed by atoms with E-state index in [1.54, 1.807) is 6.92 Å². The number of rotatable bonds is 4. The van der Waals surface area contributed by atoms with Gasteiger partial charge < -0.3 is 9.72 Å². The minimum absolute atomic E-state index is 0.0640. The molecule has 1 heterocycles. The molecule has 1 rings (SSSR count). The SMILES string of the molecule is CCc1nc(OCC(F)F)cc(=O)[nH]1. The lowest BCUT2D eigenvalue weighted by molar-refractivity contribution is 0.0793. The van der Waals surface area contributed by atoms with Gasteiger partial charge in [0.2, 0.25) is 5.88 Å². The minimum Gasteiger partial charge on any atom is -0.471 e. The molecule has 0 aliphatic carbocycles. The molecule has 6 heteroatoms. The third-order valence-corrected chi connectivity index (χ3v) is 1.46. The number of hydrogen-bond acceptors (Lipinski definition) is 3. The lowest BCUT2D eigenvalue weighted by Crippen LogP contribution is -2.14. The van der Waals surface area contributed by atoms with Gasteiger partial charge in [-0.1, -0.05) is 6.92 Å². The lowest BCUT2D eigenvalue weighted by Gasteiger charge is -2.04. The number of ether oxygens (including phenoxy) is 1. The molecule has 0 aliphatic heterocycles. The van der Waals surface area contributed by atoms with E-state index in [9.17, 15) is 13.6 Å². The molecule has 0 spiro atoms. The van der Waals surface area contributed by atoms with Crippen LogP contribution in [0.5, 0.6) is 5.88 Å². The van der Waals surface area contributed by atoms with Gasteiger partial charge in [-0.15, -0.1) is 0 Å². The summed E-state index contributed by atoms with van der Waals surface area (Å²) in [7, 11) is 0. The van der Waals surface area contributed by atoms with Crippen molar-refractivity contribution >= 4 is 0 Å². The van der Waals surface area contributed by atoms with Crippen LogP contribution in [0.15, 0.2) is 10.9 Å². The second kappa shape index (κ2) is 4.69. The predicted octanol–water partition coefficient (Wildman–Crippen LogP) is 0.976. The summed E-state index contributed by atoms with van der Waals surface area (Å²) in [5, 5.41) is 0. The fourth-order valence-electron chi connectivity index (χ4n) is 0.873. The molecule has 1 aromatic heterocycles. The monoisotopic (exact) mass is 204 g/mol. The molecule has 1 aromatic rings. The molecule has 4 nitrogen and oxygen atoms in total. The van der Waals surface area contributed by atoms with Crippen LogP contribution in [0.25, 0.3) is 0 Å². The first kappa shape index (κ1) is 10.6. The summed E-state index contributed by atoms with van der Waals surface area (Å²) >= 11 is 0. The lowest BCUT2D eigenvalue weighted by atomic mass is 10.4.